The molecule has 0 bridgehead atoms. The Hall–Kier alpha value is -1.55. The Labute approximate surface area is 103 Å². The van der Waals surface area contributed by atoms with E-state index in [2.05, 4.69) is 9.97 Å². The van der Waals surface area contributed by atoms with Crippen molar-refractivity contribution in [3.63, 3.8) is 0 Å². The van der Waals surface area contributed by atoms with Gasteiger partial charge >= 0.3 is 0 Å². The van der Waals surface area contributed by atoms with Crippen molar-refractivity contribution in [2.75, 3.05) is 0 Å². The summed E-state index contributed by atoms with van der Waals surface area (Å²) in [6, 6.07) is 11.2. The molecule has 1 aromatic heterocycles. The van der Waals surface area contributed by atoms with Crippen LogP contribution in [0.25, 0.3) is 0 Å². The van der Waals surface area contributed by atoms with Crippen molar-refractivity contribution in [1.29, 1.82) is 0 Å². The molecule has 0 amide bonds. The average Bonchev–Trinajstić information content (AvgIpc) is 2.38. The highest BCUT2D eigenvalue weighted by molar-refractivity contribution is 7.85. The summed E-state index contributed by atoms with van der Waals surface area (Å²) in [4.78, 5) is 9.30. The molecular formula is C13H14N2OS. The van der Waals surface area contributed by atoms with Gasteiger partial charge in [0.2, 0.25) is 0 Å². The summed E-state index contributed by atoms with van der Waals surface area (Å²) < 4.78 is 12.3. The first-order chi connectivity index (χ1) is 8.20. The Bertz CT molecular complexity index is 540. The molecule has 0 N–H and O–H groups in total. The Morgan fingerprint density at radius 1 is 1.18 bits per heavy atom. The summed E-state index contributed by atoms with van der Waals surface area (Å²) in [5.41, 5.74) is 0.928. The van der Waals surface area contributed by atoms with Gasteiger partial charge in [-0.3, -0.25) is 0 Å². The third kappa shape index (κ3) is 2.77. The van der Waals surface area contributed by atoms with E-state index < -0.39 is 10.8 Å². The van der Waals surface area contributed by atoms with E-state index in [4.69, 9.17) is 0 Å². The van der Waals surface area contributed by atoms with Gasteiger partial charge in [0.1, 0.15) is 21.6 Å². The zero-order valence-electron chi connectivity index (χ0n) is 9.88. The fraction of sp³-hybridized carbons (Fsp3) is 0.231. The van der Waals surface area contributed by atoms with Gasteiger partial charge in [-0.05, 0) is 31.5 Å². The lowest BCUT2D eigenvalue weighted by atomic mass is 10.3. The van der Waals surface area contributed by atoms with E-state index >= 15 is 0 Å². The van der Waals surface area contributed by atoms with Crippen LogP contribution < -0.4 is 0 Å². The molecule has 0 aliphatic heterocycles. The fourth-order valence-corrected chi connectivity index (χ4v) is 2.64. The van der Waals surface area contributed by atoms with Crippen molar-refractivity contribution in [2.24, 2.45) is 0 Å². The topological polar surface area (TPSA) is 42.9 Å². The van der Waals surface area contributed by atoms with Crippen LogP contribution in [0.4, 0.5) is 0 Å². The summed E-state index contributed by atoms with van der Waals surface area (Å²) in [6.07, 6.45) is 0.822. The summed E-state index contributed by atoms with van der Waals surface area (Å²) in [5, 5.41) is 0.584. The van der Waals surface area contributed by atoms with Crippen molar-refractivity contribution in [3.05, 3.63) is 47.9 Å². The van der Waals surface area contributed by atoms with Gasteiger partial charge in [0.05, 0.1) is 0 Å². The second kappa shape index (κ2) is 5.19. The maximum Gasteiger partial charge on any atom is 0.136 e. The summed E-state index contributed by atoms with van der Waals surface area (Å²) >= 11 is 0. The minimum Gasteiger partial charge on any atom is -0.247 e. The van der Waals surface area contributed by atoms with E-state index in [1.807, 2.05) is 50.2 Å². The highest BCUT2D eigenvalue weighted by atomic mass is 32.2. The van der Waals surface area contributed by atoms with Crippen LogP contribution in [0.5, 0.6) is 0 Å². The molecule has 3 nitrogen and oxygen atoms in total. The van der Waals surface area contributed by atoms with Crippen LogP contribution in [0.15, 0.2) is 46.3 Å². The van der Waals surface area contributed by atoms with Gasteiger partial charge in [-0.25, -0.2) is 14.2 Å². The number of aromatic nitrogens is 2. The quantitative estimate of drug-likeness (QED) is 0.781. The van der Waals surface area contributed by atoms with E-state index in [0.717, 1.165) is 17.0 Å². The van der Waals surface area contributed by atoms with E-state index in [9.17, 15) is 4.21 Å². The molecule has 88 valence electrons. The number of rotatable bonds is 3. The van der Waals surface area contributed by atoms with Gasteiger partial charge in [-0.15, -0.1) is 0 Å². The lowest BCUT2D eigenvalue weighted by molar-refractivity contribution is 0.678. The van der Waals surface area contributed by atoms with E-state index in [1.54, 1.807) is 0 Å². The van der Waals surface area contributed by atoms with Crippen LogP contribution in [0.1, 0.15) is 18.4 Å². The minimum absolute atomic E-state index is 0.584. The standard InChI is InChI=1S/C13H14N2OS/c1-3-11-9-13(15-10(2)14-11)17(16)12-7-5-4-6-8-12/h4-9H,3H2,1-2H3. The predicted molar refractivity (Wildman–Crippen MR) is 67.3 cm³/mol. The smallest absolute Gasteiger partial charge is 0.136 e. The van der Waals surface area contributed by atoms with Crippen molar-refractivity contribution in [3.8, 4) is 0 Å². The summed E-state index contributed by atoms with van der Waals surface area (Å²) in [7, 11) is -1.22. The van der Waals surface area contributed by atoms with Crippen molar-refractivity contribution in [1.82, 2.24) is 9.97 Å². The molecule has 0 fully saturated rings. The van der Waals surface area contributed by atoms with Gasteiger partial charge in [0.15, 0.2) is 0 Å². The molecule has 2 rings (SSSR count). The number of benzene rings is 1. The van der Waals surface area contributed by atoms with Crippen LogP contribution >= 0.6 is 0 Å². The van der Waals surface area contributed by atoms with Gasteiger partial charge in [0, 0.05) is 10.6 Å². The second-order valence-electron chi connectivity index (χ2n) is 3.68. The van der Waals surface area contributed by atoms with Crippen molar-refractivity contribution in [2.45, 2.75) is 30.2 Å². The first kappa shape index (κ1) is 11.9. The van der Waals surface area contributed by atoms with E-state index in [0.29, 0.717) is 10.9 Å². The third-order valence-corrected chi connectivity index (χ3v) is 3.67. The molecular weight excluding hydrogens is 232 g/mol. The zero-order chi connectivity index (χ0) is 12.3. The SMILES string of the molecule is CCc1cc(S(=O)c2ccccc2)nc(C)n1. The fourth-order valence-electron chi connectivity index (χ4n) is 1.54. The Kier molecular flexibility index (Phi) is 3.64. The molecule has 0 spiro atoms. The molecule has 0 aliphatic rings. The Morgan fingerprint density at radius 3 is 2.53 bits per heavy atom. The molecule has 1 unspecified atom stereocenters. The lowest BCUT2D eigenvalue weighted by Gasteiger charge is -2.04. The van der Waals surface area contributed by atoms with Crippen LogP contribution in [0.3, 0.4) is 0 Å². The first-order valence-electron chi connectivity index (χ1n) is 5.52. The molecule has 2 aromatic rings. The van der Waals surface area contributed by atoms with E-state index in [-0.39, 0.29) is 0 Å². The molecule has 1 heterocycles. The van der Waals surface area contributed by atoms with Crippen molar-refractivity contribution < 1.29 is 4.21 Å². The molecule has 4 heteroatoms. The van der Waals surface area contributed by atoms with Gasteiger partial charge in [-0.1, -0.05) is 25.1 Å². The highest BCUT2D eigenvalue weighted by Crippen LogP contribution is 2.15. The molecule has 0 aliphatic carbocycles. The Morgan fingerprint density at radius 2 is 1.88 bits per heavy atom. The maximum atomic E-state index is 12.3. The van der Waals surface area contributed by atoms with Gasteiger partial charge in [0.25, 0.3) is 0 Å². The highest BCUT2D eigenvalue weighted by Gasteiger charge is 2.10. The normalized spacial score (nSPS) is 12.4. The average molecular weight is 246 g/mol. The van der Waals surface area contributed by atoms with Gasteiger partial charge in [-0.2, -0.15) is 0 Å². The van der Waals surface area contributed by atoms with Crippen LogP contribution in [0, 0.1) is 6.92 Å². The summed E-state index contributed by atoms with van der Waals surface area (Å²) in [6.45, 7) is 3.85. The van der Waals surface area contributed by atoms with Crippen LogP contribution in [-0.4, -0.2) is 14.2 Å². The number of nitrogens with zero attached hydrogens (tertiary/aromatic N) is 2. The minimum atomic E-state index is -1.22. The van der Waals surface area contributed by atoms with Crippen LogP contribution in [-0.2, 0) is 17.2 Å². The van der Waals surface area contributed by atoms with Gasteiger partial charge < -0.3 is 0 Å². The molecule has 0 saturated carbocycles. The number of aryl methyl sites for hydroxylation is 2. The van der Waals surface area contributed by atoms with Crippen molar-refractivity contribution >= 4 is 10.8 Å². The number of hydrogen-bond acceptors (Lipinski definition) is 3. The predicted octanol–water partition coefficient (Wildman–Crippen LogP) is 2.51. The maximum absolute atomic E-state index is 12.3. The largest absolute Gasteiger partial charge is 0.247 e. The van der Waals surface area contributed by atoms with E-state index in [1.165, 1.54) is 0 Å². The lowest BCUT2D eigenvalue weighted by Crippen LogP contribution is -2.02. The monoisotopic (exact) mass is 246 g/mol. The molecule has 0 saturated heterocycles. The molecule has 1 atom stereocenters. The third-order valence-electron chi connectivity index (χ3n) is 2.38. The molecule has 1 aromatic carbocycles. The Balaban J connectivity index is 2.41. The summed E-state index contributed by atoms with van der Waals surface area (Å²) in [5.74, 6) is 0.670. The zero-order valence-corrected chi connectivity index (χ0v) is 10.7. The van der Waals surface area contributed by atoms with Crippen LogP contribution in [0.2, 0.25) is 0 Å². The number of hydrogen-bond donors (Lipinski definition) is 0. The second-order valence-corrected chi connectivity index (χ2v) is 5.11. The molecule has 0 radical (unpaired) electrons. The molecule has 17 heavy (non-hydrogen) atoms. The first-order valence-corrected chi connectivity index (χ1v) is 6.67.